The number of thiophene rings is 1. The van der Waals surface area contributed by atoms with Crippen LogP contribution in [0.2, 0.25) is 9.62 Å². The summed E-state index contributed by atoms with van der Waals surface area (Å²) in [6.45, 7) is 0. The van der Waals surface area contributed by atoms with E-state index in [2.05, 4.69) is 9.97 Å². The van der Waals surface area contributed by atoms with Crippen molar-refractivity contribution in [3.8, 4) is 10.6 Å². The van der Waals surface area contributed by atoms with Crippen LogP contribution in [0.15, 0.2) is 18.3 Å². The van der Waals surface area contributed by atoms with Crippen LogP contribution in [0.25, 0.3) is 10.6 Å². The number of hydrogen-bond donors (Lipinski definition) is 0. The van der Waals surface area contributed by atoms with Crippen LogP contribution in [0.4, 0.5) is 5.69 Å². The second kappa shape index (κ2) is 4.32. The largest absolute Gasteiger partial charge is 0.314 e. The van der Waals surface area contributed by atoms with E-state index >= 15 is 0 Å². The third-order valence-electron chi connectivity index (χ3n) is 1.74. The minimum Gasteiger partial charge on any atom is -0.258 e. The van der Waals surface area contributed by atoms with Crippen molar-refractivity contribution in [3.63, 3.8) is 0 Å². The lowest BCUT2D eigenvalue weighted by atomic mass is 10.3. The van der Waals surface area contributed by atoms with Crippen molar-refractivity contribution in [1.82, 2.24) is 9.97 Å². The molecule has 2 aromatic rings. The summed E-state index contributed by atoms with van der Waals surface area (Å²) in [4.78, 5) is 18.2. The summed E-state index contributed by atoms with van der Waals surface area (Å²) in [6, 6.07) is 3.29. The van der Waals surface area contributed by atoms with E-state index in [1.54, 1.807) is 12.1 Å². The smallest absolute Gasteiger partial charge is 0.258 e. The van der Waals surface area contributed by atoms with Gasteiger partial charge in [-0.05, 0) is 23.7 Å². The number of rotatable bonds is 2. The topological polar surface area (TPSA) is 68.9 Å². The van der Waals surface area contributed by atoms with E-state index in [-0.39, 0.29) is 16.7 Å². The van der Waals surface area contributed by atoms with Gasteiger partial charge in [-0.1, -0.05) is 11.6 Å². The Morgan fingerprint density at radius 1 is 1.38 bits per heavy atom. The Kier molecular flexibility index (Phi) is 3.04. The van der Waals surface area contributed by atoms with Gasteiger partial charge in [-0.3, -0.25) is 10.1 Å². The lowest BCUT2D eigenvalue weighted by Gasteiger charge is -1.98. The van der Waals surface area contributed by atoms with Gasteiger partial charge in [-0.2, -0.15) is 0 Å². The highest BCUT2D eigenvalue weighted by Crippen LogP contribution is 2.35. The van der Waals surface area contributed by atoms with Crippen LogP contribution in [0.5, 0.6) is 0 Å². The zero-order valence-electron chi connectivity index (χ0n) is 7.55. The van der Waals surface area contributed by atoms with Crippen molar-refractivity contribution in [2.45, 2.75) is 0 Å². The predicted molar refractivity (Wildman–Crippen MR) is 62.0 cm³/mol. The molecule has 2 heterocycles. The second-order valence-electron chi connectivity index (χ2n) is 2.73. The van der Waals surface area contributed by atoms with Gasteiger partial charge in [0.1, 0.15) is 6.20 Å². The quantitative estimate of drug-likeness (QED) is 0.478. The Hall–Kier alpha value is -1.24. The standard InChI is InChI=1S/C8H3Cl2N3O2S/c9-6-2-1-5(16-6)7-4(13(14)15)3-11-8(10)12-7/h1-3H. The zero-order chi connectivity index (χ0) is 11.7. The summed E-state index contributed by atoms with van der Waals surface area (Å²) in [5.74, 6) is 0. The maximum absolute atomic E-state index is 10.8. The summed E-state index contributed by atoms with van der Waals surface area (Å²) in [6.07, 6.45) is 1.08. The average molecular weight is 276 g/mol. The predicted octanol–water partition coefficient (Wildman–Crippen LogP) is 3.42. The van der Waals surface area contributed by atoms with E-state index in [4.69, 9.17) is 23.2 Å². The first-order chi connectivity index (χ1) is 7.58. The first-order valence-corrected chi connectivity index (χ1v) is 5.58. The van der Waals surface area contributed by atoms with Gasteiger partial charge in [0.25, 0.3) is 0 Å². The van der Waals surface area contributed by atoms with Crippen LogP contribution in [-0.4, -0.2) is 14.9 Å². The van der Waals surface area contributed by atoms with Gasteiger partial charge < -0.3 is 0 Å². The molecule has 0 aliphatic carbocycles. The summed E-state index contributed by atoms with van der Waals surface area (Å²) in [5.41, 5.74) is -0.00943. The molecule has 16 heavy (non-hydrogen) atoms. The molecule has 0 atom stereocenters. The van der Waals surface area contributed by atoms with Crippen LogP contribution in [0.1, 0.15) is 0 Å². The van der Waals surface area contributed by atoms with Crippen molar-refractivity contribution in [2.75, 3.05) is 0 Å². The van der Waals surface area contributed by atoms with Crippen molar-refractivity contribution in [1.29, 1.82) is 0 Å². The molecule has 0 saturated heterocycles. The molecule has 0 saturated carbocycles. The molecule has 0 unspecified atom stereocenters. The monoisotopic (exact) mass is 275 g/mol. The van der Waals surface area contributed by atoms with Gasteiger partial charge in [-0.25, -0.2) is 9.97 Å². The Morgan fingerprint density at radius 2 is 2.12 bits per heavy atom. The highest BCUT2D eigenvalue weighted by molar-refractivity contribution is 7.19. The molecule has 5 nitrogen and oxygen atoms in total. The van der Waals surface area contributed by atoms with Gasteiger partial charge >= 0.3 is 5.69 Å². The van der Waals surface area contributed by atoms with Crippen LogP contribution < -0.4 is 0 Å². The minimum atomic E-state index is -0.556. The zero-order valence-corrected chi connectivity index (χ0v) is 9.88. The second-order valence-corrected chi connectivity index (χ2v) is 4.79. The Bertz CT molecular complexity index is 558. The lowest BCUT2D eigenvalue weighted by molar-refractivity contribution is -0.384. The molecule has 0 aliphatic heterocycles. The molecule has 2 aromatic heterocycles. The summed E-state index contributed by atoms with van der Waals surface area (Å²) < 4.78 is 0.527. The molecule has 0 fully saturated rings. The van der Waals surface area contributed by atoms with Crippen molar-refractivity contribution < 1.29 is 4.92 Å². The normalized spacial score (nSPS) is 10.4. The highest BCUT2D eigenvalue weighted by Gasteiger charge is 2.19. The van der Waals surface area contributed by atoms with E-state index in [1.807, 2.05) is 0 Å². The van der Waals surface area contributed by atoms with Gasteiger partial charge in [0.05, 0.1) is 14.1 Å². The fourth-order valence-corrected chi connectivity index (χ4v) is 2.29. The number of nitro groups is 1. The highest BCUT2D eigenvalue weighted by atomic mass is 35.5. The van der Waals surface area contributed by atoms with Crippen LogP contribution >= 0.6 is 34.5 Å². The van der Waals surface area contributed by atoms with Crippen LogP contribution in [-0.2, 0) is 0 Å². The van der Waals surface area contributed by atoms with E-state index in [0.29, 0.717) is 9.21 Å². The number of halogens is 2. The number of hydrogen-bond acceptors (Lipinski definition) is 5. The molecule has 82 valence electrons. The first kappa shape index (κ1) is 11.3. The van der Waals surface area contributed by atoms with Crippen molar-refractivity contribution >= 4 is 40.2 Å². The molecule has 0 spiro atoms. The summed E-state index contributed by atoms with van der Waals surface area (Å²) in [5, 5.41) is 10.7. The van der Waals surface area contributed by atoms with Crippen LogP contribution in [0.3, 0.4) is 0 Å². The fraction of sp³-hybridized carbons (Fsp3) is 0. The van der Waals surface area contributed by atoms with Gasteiger partial charge in [-0.15, -0.1) is 11.3 Å². The van der Waals surface area contributed by atoms with E-state index < -0.39 is 4.92 Å². The van der Waals surface area contributed by atoms with Crippen molar-refractivity contribution in [2.24, 2.45) is 0 Å². The molecule has 0 aliphatic rings. The molecule has 0 radical (unpaired) electrons. The molecular formula is C8H3Cl2N3O2S. The molecule has 0 N–H and O–H groups in total. The maximum Gasteiger partial charge on any atom is 0.314 e. The molecular weight excluding hydrogens is 273 g/mol. The molecule has 0 amide bonds. The third-order valence-corrected chi connectivity index (χ3v) is 3.16. The Morgan fingerprint density at radius 3 is 2.69 bits per heavy atom. The Labute approximate surface area is 104 Å². The summed E-state index contributed by atoms with van der Waals surface area (Å²) >= 11 is 12.6. The van der Waals surface area contributed by atoms with Crippen molar-refractivity contribution in [3.05, 3.63) is 38.1 Å². The molecule has 0 bridgehead atoms. The fourth-order valence-electron chi connectivity index (χ4n) is 1.11. The number of nitrogens with zero attached hydrogens (tertiary/aromatic N) is 3. The SMILES string of the molecule is O=[N+]([O-])c1cnc(Cl)nc1-c1ccc(Cl)s1. The van der Waals surface area contributed by atoms with Crippen LogP contribution in [0, 0.1) is 10.1 Å². The van der Waals surface area contributed by atoms with Gasteiger partial charge in [0.2, 0.25) is 5.28 Å². The van der Waals surface area contributed by atoms with E-state index in [1.165, 1.54) is 11.3 Å². The van der Waals surface area contributed by atoms with Gasteiger partial charge in [0, 0.05) is 0 Å². The maximum atomic E-state index is 10.8. The molecule has 8 heteroatoms. The van der Waals surface area contributed by atoms with Gasteiger partial charge in [0.15, 0.2) is 5.69 Å². The first-order valence-electron chi connectivity index (χ1n) is 4.00. The Balaban J connectivity index is 2.62. The molecule has 0 aromatic carbocycles. The third kappa shape index (κ3) is 2.13. The molecule has 2 rings (SSSR count). The average Bonchev–Trinajstić information content (AvgIpc) is 2.64. The lowest BCUT2D eigenvalue weighted by Crippen LogP contribution is -1.95. The van der Waals surface area contributed by atoms with E-state index in [9.17, 15) is 10.1 Å². The number of aromatic nitrogens is 2. The summed E-state index contributed by atoms with van der Waals surface area (Å²) in [7, 11) is 0. The minimum absolute atomic E-state index is 0.0369. The van der Waals surface area contributed by atoms with E-state index in [0.717, 1.165) is 6.20 Å².